The Kier molecular flexibility index (Phi) is 8.23. The summed E-state index contributed by atoms with van der Waals surface area (Å²) in [4.78, 5) is 31.4. The Hall–Kier alpha value is -4.41. The third kappa shape index (κ3) is 6.34. The number of piperidine rings is 1. The van der Waals surface area contributed by atoms with E-state index in [-0.39, 0.29) is 12.0 Å². The van der Waals surface area contributed by atoms with Crippen LogP contribution in [-0.2, 0) is 0 Å². The van der Waals surface area contributed by atoms with Crippen molar-refractivity contribution in [3.8, 4) is 17.2 Å². The minimum absolute atomic E-state index is 0.268. The molecule has 0 aliphatic carbocycles. The molecular formula is C31H35N5O5. The summed E-state index contributed by atoms with van der Waals surface area (Å²) in [5.74, 6) is 1.85. The van der Waals surface area contributed by atoms with Gasteiger partial charge in [-0.1, -0.05) is 12.1 Å². The lowest BCUT2D eigenvalue weighted by Gasteiger charge is -2.32. The Labute approximate surface area is 238 Å². The number of hydrogen-bond donors (Lipinski definition) is 3. The number of aryl methyl sites for hydroxylation is 1. The lowest BCUT2D eigenvalue weighted by atomic mass is 9.89. The van der Waals surface area contributed by atoms with E-state index in [1.165, 1.54) is 17.2 Å². The van der Waals surface area contributed by atoms with Gasteiger partial charge >= 0.3 is 6.03 Å². The van der Waals surface area contributed by atoms with Crippen LogP contribution < -0.4 is 20.5 Å². The van der Waals surface area contributed by atoms with Crippen LogP contribution in [0.3, 0.4) is 0 Å². The number of anilines is 1. The van der Waals surface area contributed by atoms with Crippen LogP contribution in [0, 0.1) is 6.92 Å². The highest BCUT2D eigenvalue weighted by Gasteiger charge is 2.22. The van der Waals surface area contributed by atoms with Crippen LogP contribution in [0.15, 0.2) is 60.8 Å². The summed E-state index contributed by atoms with van der Waals surface area (Å²) in [6, 6.07) is 15.8. The van der Waals surface area contributed by atoms with E-state index >= 15 is 0 Å². The fourth-order valence-electron chi connectivity index (χ4n) is 5.47. The van der Waals surface area contributed by atoms with E-state index in [1.807, 2.05) is 37.3 Å². The minimum atomic E-state index is -0.577. The van der Waals surface area contributed by atoms with Crippen LogP contribution in [0.25, 0.3) is 10.9 Å². The SMILES string of the molecule is COc1cc2c(cc1Oc1ccnc(NC(=O)c3ccc(C4CCN(C[C@H](C)O)CC4)cc3)c1)cc(C)n2C(N)=O. The first-order valence-corrected chi connectivity index (χ1v) is 13.7. The highest BCUT2D eigenvalue weighted by atomic mass is 16.5. The molecule has 214 valence electrons. The Morgan fingerprint density at radius 1 is 1.10 bits per heavy atom. The number of ether oxygens (including phenoxy) is 2. The normalized spacial score (nSPS) is 15.0. The number of benzene rings is 2. The minimum Gasteiger partial charge on any atom is -0.493 e. The Balaban J connectivity index is 1.25. The summed E-state index contributed by atoms with van der Waals surface area (Å²) in [6.45, 7) is 6.25. The van der Waals surface area contributed by atoms with E-state index in [9.17, 15) is 14.7 Å². The fraction of sp³-hybridized carbons (Fsp3) is 0.323. The molecule has 2 amide bonds. The second kappa shape index (κ2) is 12.0. The maximum atomic E-state index is 13.0. The number of aliphatic hydroxyl groups is 1. The number of primary amides is 1. The van der Waals surface area contributed by atoms with Crippen molar-refractivity contribution in [3.05, 3.63) is 77.6 Å². The van der Waals surface area contributed by atoms with Gasteiger partial charge in [0.25, 0.3) is 5.91 Å². The summed E-state index contributed by atoms with van der Waals surface area (Å²) >= 11 is 0. The maximum absolute atomic E-state index is 13.0. The van der Waals surface area contributed by atoms with Gasteiger partial charge in [0.1, 0.15) is 11.6 Å². The number of fused-ring (bicyclic) bond motifs is 1. The molecule has 1 aliphatic heterocycles. The Morgan fingerprint density at radius 2 is 1.83 bits per heavy atom. The van der Waals surface area contributed by atoms with Crippen molar-refractivity contribution in [2.45, 2.75) is 38.7 Å². The highest BCUT2D eigenvalue weighted by Crippen LogP contribution is 2.37. The van der Waals surface area contributed by atoms with Gasteiger partial charge in [0, 0.05) is 41.5 Å². The zero-order valence-corrected chi connectivity index (χ0v) is 23.5. The molecule has 1 saturated heterocycles. The number of nitrogens with zero attached hydrogens (tertiary/aromatic N) is 3. The van der Waals surface area contributed by atoms with Gasteiger partial charge in [-0.3, -0.25) is 9.36 Å². The molecule has 1 aliphatic rings. The third-order valence-corrected chi connectivity index (χ3v) is 7.45. The number of methoxy groups -OCH3 is 1. The first-order valence-electron chi connectivity index (χ1n) is 13.7. The van der Waals surface area contributed by atoms with Crippen LogP contribution in [0.5, 0.6) is 17.2 Å². The molecule has 0 radical (unpaired) electrons. The molecular weight excluding hydrogens is 522 g/mol. The third-order valence-electron chi connectivity index (χ3n) is 7.45. The quantitative estimate of drug-likeness (QED) is 0.281. The molecule has 3 heterocycles. The van der Waals surface area contributed by atoms with Crippen molar-refractivity contribution < 1.29 is 24.2 Å². The lowest BCUT2D eigenvalue weighted by molar-refractivity contribution is 0.102. The maximum Gasteiger partial charge on any atom is 0.323 e. The molecule has 1 atom stereocenters. The number of carbonyl (C=O) groups is 2. The number of rotatable bonds is 8. The Bertz CT molecular complexity index is 1560. The molecule has 10 nitrogen and oxygen atoms in total. The second-order valence-electron chi connectivity index (χ2n) is 10.5. The number of pyridine rings is 1. The van der Waals surface area contributed by atoms with Crippen molar-refractivity contribution in [3.63, 3.8) is 0 Å². The molecule has 0 unspecified atom stereocenters. The number of nitrogens with two attached hydrogens (primary N) is 1. The zero-order valence-electron chi connectivity index (χ0n) is 23.5. The van der Waals surface area contributed by atoms with Crippen molar-refractivity contribution in [2.24, 2.45) is 5.73 Å². The number of aromatic nitrogens is 2. The van der Waals surface area contributed by atoms with E-state index in [1.54, 1.807) is 37.4 Å². The summed E-state index contributed by atoms with van der Waals surface area (Å²) in [5, 5.41) is 13.2. The van der Waals surface area contributed by atoms with E-state index in [4.69, 9.17) is 15.2 Å². The van der Waals surface area contributed by atoms with Crippen molar-refractivity contribution >= 4 is 28.7 Å². The predicted octanol–water partition coefficient (Wildman–Crippen LogP) is 4.88. The molecule has 2 aromatic carbocycles. The van der Waals surface area contributed by atoms with Crippen LogP contribution >= 0.6 is 0 Å². The zero-order chi connectivity index (χ0) is 29.1. The summed E-state index contributed by atoms with van der Waals surface area (Å²) < 4.78 is 13.0. The van der Waals surface area contributed by atoms with E-state index in [0.29, 0.717) is 52.3 Å². The van der Waals surface area contributed by atoms with Crippen LogP contribution in [-0.4, -0.2) is 64.3 Å². The smallest absolute Gasteiger partial charge is 0.323 e. The number of nitrogens with one attached hydrogen (secondary N) is 1. The van der Waals surface area contributed by atoms with Crippen LogP contribution in [0.1, 0.15) is 47.3 Å². The number of aliphatic hydroxyl groups excluding tert-OH is 1. The van der Waals surface area contributed by atoms with Gasteiger partial charge in [0.05, 0.1) is 18.7 Å². The second-order valence-corrected chi connectivity index (χ2v) is 10.5. The molecule has 0 spiro atoms. The average molecular weight is 558 g/mol. The Morgan fingerprint density at radius 3 is 2.49 bits per heavy atom. The summed E-state index contributed by atoms with van der Waals surface area (Å²) in [5.41, 5.74) is 8.62. The van der Waals surface area contributed by atoms with Crippen molar-refractivity contribution in [1.82, 2.24) is 14.5 Å². The monoisotopic (exact) mass is 557 g/mol. The largest absolute Gasteiger partial charge is 0.493 e. The van der Waals surface area contributed by atoms with Crippen LogP contribution in [0.2, 0.25) is 0 Å². The van der Waals surface area contributed by atoms with Gasteiger partial charge in [0.15, 0.2) is 11.5 Å². The molecule has 41 heavy (non-hydrogen) atoms. The number of carbonyl (C=O) groups excluding carboxylic acids is 2. The van der Waals surface area contributed by atoms with Gasteiger partial charge in [0.2, 0.25) is 0 Å². The fourth-order valence-corrected chi connectivity index (χ4v) is 5.47. The lowest BCUT2D eigenvalue weighted by Crippen LogP contribution is -2.37. The molecule has 5 rings (SSSR count). The molecule has 4 aromatic rings. The number of likely N-dealkylation sites (tertiary alicyclic amines) is 1. The molecule has 2 aromatic heterocycles. The van der Waals surface area contributed by atoms with Gasteiger partial charge < -0.3 is 30.5 Å². The van der Waals surface area contributed by atoms with E-state index < -0.39 is 6.03 Å². The molecule has 1 fully saturated rings. The van der Waals surface area contributed by atoms with Crippen LogP contribution in [0.4, 0.5) is 10.6 Å². The standard InChI is InChI=1S/C31H35N5O5/c1-19-14-24-15-28(27(40-3)17-26(24)36(19)31(32)39)41-25-8-11-33-29(16-25)34-30(38)23-6-4-21(5-7-23)22-9-12-35(13-10-22)18-20(2)37/h4-8,11,14-17,20,22,37H,9-10,12-13,18H2,1-3H3,(H2,32,39)(H,33,34,38)/t20-/m0/s1. The van der Waals surface area contributed by atoms with Crippen molar-refractivity contribution in [1.29, 1.82) is 0 Å². The van der Waals surface area contributed by atoms with Gasteiger partial charge in [-0.05, 0) is 81.6 Å². The molecule has 0 bridgehead atoms. The van der Waals surface area contributed by atoms with Gasteiger partial charge in [-0.2, -0.15) is 0 Å². The number of β-amino-alcohol motifs (C(OH)–C–C–N with tert-alkyl or cyclic N) is 1. The molecule has 10 heteroatoms. The first-order chi connectivity index (χ1) is 19.7. The number of amides is 2. The average Bonchev–Trinajstić information content (AvgIpc) is 3.27. The highest BCUT2D eigenvalue weighted by molar-refractivity contribution is 6.03. The molecule has 0 saturated carbocycles. The summed E-state index contributed by atoms with van der Waals surface area (Å²) in [7, 11) is 1.52. The van der Waals surface area contributed by atoms with Crippen molar-refractivity contribution in [2.75, 3.05) is 32.1 Å². The van der Waals surface area contributed by atoms with E-state index in [2.05, 4.69) is 15.2 Å². The topological polar surface area (TPSA) is 132 Å². The van der Waals surface area contributed by atoms with Gasteiger partial charge in [-0.15, -0.1) is 0 Å². The molecule has 4 N–H and O–H groups in total. The first kappa shape index (κ1) is 28.1. The summed E-state index contributed by atoms with van der Waals surface area (Å²) in [6.07, 6.45) is 3.30. The number of hydrogen-bond acceptors (Lipinski definition) is 7. The van der Waals surface area contributed by atoms with E-state index in [0.717, 1.165) is 31.3 Å². The predicted molar refractivity (Wildman–Crippen MR) is 157 cm³/mol. The van der Waals surface area contributed by atoms with Gasteiger partial charge in [-0.25, -0.2) is 9.78 Å².